The quantitative estimate of drug-likeness (QED) is 0.363. The highest BCUT2D eigenvalue weighted by Gasteiger charge is 2.12. The second kappa shape index (κ2) is 7.93. The first-order chi connectivity index (χ1) is 14.1. The molecule has 144 valence electrons. The van der Waals surface area contributed by atoms with E-state index < -0.39 is 4.92 Å². The van der Waals surface area contributed by atoms with Gasteiger partial charge >= 0.3 is 5.88 Å². The maximum absolute atomic E-state index is 13.1. The minimum atomic E-state index is -0.596. The Morgan fingerprint density at radius 2 is 1.76 bits per heavy atom. The van der Waals surface area contributed by atoms with Crippen molar-refractivity contribution in [1.29, 1.82) is 0 Å². The Labute approximate surface area is 165 Å². The molecule has 4 rings (SSSR count). The Kier molecular flexibility index (Phi) is 5.03. The van der Waals surface area contributed by atoms with Crippen molar-refractivity contribution in [2.24, 2.45) is 0 Å². The monoisotopic (exact) mass is 387 g/mol. The highest BCUT2D eigenvalue weighted by atomic mass is 16.6. The fourth-order valence-corrected chi connectivity index (χ4v) is 3.10. The maximum atomic E-state index is 13.1. The van der Waals surface area contributed by atoms with Crippen molar-refractivity contribution in [2.45, 2.75) is 13.0 Å². The van der Waals surface area contributed by atoms with Crippen molar-refractivity contribution in [2.75, 3.05) is 0 Å². The van der Waals surface area contributed by atoms with Gasteiger partial charge in [0.1, 0.15) is 16.5 Å². The molecule has 2 aromatic carbocycles. The van der Waals surface area contributed by atoms with Crippen LogP contribution in [0.25, 0.3) is 23.1 Å². The van der Waals surface area contributed by atoms with Gasteiger partial charge in [-0.1, -0.05) is 42.5 Å². The van der Waals surface area contributed by atoms with Gasteiger partial charge in [-0.3, -0.25) is 19.5 Å². The maximum Gasteiger partial charge on any atom is 0.433 e. The average Bonchev–Trinajstić information content (AvgIpc) is 3.22. The number of aryl methyl sites for hydroxylation is 1. The second-order valence-corrected chi connectivity index (χ2v) is 6.45. The van der Waals surface area contributed by atoms with E-state index in [9.17, 15) is 14.9 Å². The van der Waals surface area contributed by atoms with Crippen LogP contribution in [0.2, 0.25) is 0 Å². The number of hydrogen-bond acceptors (Lipinski definition) is 5. The fraction of sp³-hybridized carbons (Fsp3) is 0.0909. The van der Waals surface area contributed by atoms with E-state index in [1.165, 1.54) is 12.1 Å². The third kappa shape index (κ3) is 3.98. The van der Waals surface area contributed by atoms with Gasteiger partial charge in [0.2, 0.25) is 0 Å². The van der Waals surface area contributed by atoms with Gasteiger partial charge in [0.15, 0.2) is 0 Å². The largest absolute Gasteiger partial charge is 0.433 e. The molecule has 7 heteroatoms. The normalized spacial score (nSPS) is 11.3. The first-order valence-corrected chi connectivity index (χ1v) is 9.07. The molecule has 0 spiro atoms. The van der Waals surface area contributed by atoms with E-state index in [-0.39, 0.29) is 11.4 Å². The van der Waals surface area contributed by atoms with Gasteiger partial charge < -0.3 is 4.42 Å². The molecular formula is C22H17N3O4. The average molecular weight is 387 g/mol. The molecule has 29 heavy (non-hydrogen) atoms. The third-order valence-electron chi connectivity index (χ3n) is 4.55. The summed E-state index contributed by atoms with van der Waals surface area (Å²) < 4.78 is 6.77. The van der Waals surface area contributed by atoms with Crippen LogP contribution < -0.4 is 5.56 Å². The fourth-order valence-electron chi connectivity index (χ4n) is 3.10. The van der Waals surface area contributed by atoms with E-state index in [2.05, 4.69) is 4.98 Å². The van der Waals surface area contributed by atoms with E-state index >= 15 is 0 Å². The summed E-state index contributed by atoms with van der Waals surface area (Å²) in [6.07, 6.45) is 3.89. The molecule has 7 nitrogen and oxygen atoms in total. The molecule has 2 heterocycles. The van der Waals surface area contributed by atoms with Crippen LogP contribution in [0.15, 0.2) is 75.9 Å². The number of hydrogen-bond donors (Lipinski definition) is 0. The van der Waals surface area contributed by atoms with Crippen LogP contribution in [0.1, 0.15) is 17.1 Å². The minimum absolute atomic E-state index is 0.128. The van der Waals surface area contributed by atoms with Gasteiger partial charge in [0.05, 0.1) is 17.0 Å². The van der Waals surface area contributed by atoms with Crippen molar-refractivity contribution in [3.63, 3.8) is 0 Å². The molecule has 0 saturated heterocycles. The third-order valence-corrected chi connectivity index (χ3v) is 4.55. The molecule has 0 amide bonds. The SMILES string of the molecule is O=c1c2ccccc2nc(/C=C/c2ccc([N+](=O)[O-])o2)n1CCc1ccccc1. The summed E-state index contributed by atoms with van der Waals surface area (Å²) in [6.45, 7) is 0.457. The summed E-state index contributed by atoms with van der Waals surface area (Å²) in [5.74, 6) is 0.440. The molecular weight excluding hydrogens is 370 g/mol. The smallest absolute Gasteiger partial charge is 0.401 e. The molecule has 0 aliphatic heterocycles. The lowest BCUT2D eigenvalue weighted by atomic mass is 10.1. The van der Waals surface area contributed by atoms with Crippen LogP contribution in [0, 0.1) is 10.1 Å². The van der Waals surface area contributed by atoms with Gasteiger partial charge in [0, 0.05) is 6.54 Å². The number of aromatic nitrogens is 2. The number of rotatable bonds is 6. The molecule has 0 radical (unpaired) electrons. The molecule has 0 aliphatic rings. The van der Waals surface area contributed by atoms with Crippen LogP contribution in [0.3, 0.4) is 0 Å². The Hall–Kier alpha value is -4.00. The zero-order valence-corrected chi connectivity index (χ0v) is 15.4. The molecule has 0 bridgehead atoms. The predicted octanol–water partition coefficient (Wildman–Crippen LogP) is 4.31. The van der Waals surface area contributed by atoms with E-state index in [0.717, 1.165) is 5.56 Å². The molecule has 4 aromatic rings. The van der Waals surface area contributed by atoms with Crippen LogP contribution in [-0.4, -0.2) is 14.5 Å². The number of para-hydroxylation sites is 1. The van der Waals surface area contributed by atoms with Gasteiger partial charge in [-0.25, -0.2) is 4.98 Å². The summed E-state index contributed by atoms with van der Waals surface area (Å²) in [4.78, 5) is 27.8. The Balaban J connectivity index is 1.73. The summed E-state index contributed by atoms with van der Waals surface area (Å²) in [5.41, 5.74) is 1.58. The Morgan fingerprint density at radius 3 is 2.52 bits per heavy atom. The van der Waals surface area contributed by atoms with Gasteiger partial charge in [-0.05, 0) is 42.3 Å². The summed E-state index contributed by atoms with van der Waals surface area (Å²) in [6, 6.07) is 19.9. The van der Waals surface area contributed by atoms with E-state index in [1.54, 1.807) is 28.9 Å². The lowest BCUT2D eigenvalue weighted by Gasteiger charge is -2.11. The van der Waals surface area contributed by atoms with Crippen molar-refractivity contribution in [3.8, 4) is 0 Å². The zero-order chi connectivity index (χ0) is 20.2. The number of benzene rings is 2. The van der Waals surface area contributed by atoms with Gasteiger partial charge in [-0.2, -0.15) is 0 Å². The standard InChI is InChI=1S/C22H17N3O4/c26-22-18-8-4-5-9-19(18)23-20(12-10-17-11-13-21(29-17)25(27)28)24(22)15-14-16-6-2-1-3-7-16/h1-13H,14-15H2/b12-10+. The van der Waals surface area contributed by atoms with E-state index in [0.29, 0.717) is 35.5 Å². The van der Waals surface area contributed by atoms with Crippen LogP contribution in [0.5, 0.6) is 0 Å². The first-order valence-electron chi connectivity index (χ1n) is 9.07. The highest BCUT2D eigenvalue weighted by Crippen LogP contribution is 2.18. The van der Waals surface area contributed by atoms with Crippen molar-refractivity contribution in [1.82, 2.24) is 9.55 Å². The summed E-state index contributed by atoms with van der Waals surface area (Å²) in [5, 5.41) is 11.3. The lowest BCUT2D eigenvalue weighted by Crippen LogP contribution is -2.24. The van der Waals surface area contributed by atoms with Gasteiger partial charge in [0.25, 0.3) is 5.56 Å². The number of nitro groups is 1. The zero-order valence-electron chi connectivity index (χ0n) is 15.4. The topological polar surface area (TPSA) is 91.2 Å². The van der Waals surface area contributed by atoms with E-state index in [4.69, 9.17) is 4.42 Å². The number of fused-ring (bicyclic) bond motifs is 1. The van der Waals surface area contributed by atoms with Crippen molar-refractivity contribution >= 4 is 28.9 Å². The van der Waals surface area contributed by atoms with Crippen LogP contribution in [-0.2, 0) is 13.0 Å². The van der Waals surface area contributed by atoms with Gasteiger partial charge in [-0.15, -0.1) is 0 Å². The first kappa shape index (κ1) is 18.4. The Morgan fingerprint density at radius 1 is 1.00 bits per heavy atom. The van der Waals surface area contributed by atoms with Crippen LogP contribution in [0.4, 0.5) is 5.88 Å². The van der Waals surface area contributed by atoms with Crippen molar-refractivity contribution in [3.05, 3.63) is 104 Å². The minimum Gasteiger partial charge on any atom is -0.401 e. The summed E-state index contributed by atoms with van der Waals surface area (Å²) >= 11 is 0. The Bertz CT molecular complexity index is 1260. The number of nitrogens with zero attached hydrogens (tertiary/aromatic N) is 3. The predicted molar refractivity (Wildman–Crippen MR) is 110 cm³/mol. The molecule has 0 aliphatic carbocycles. The molecule has 0 atom stereocenters. The lowest BCUT2D eigenvalue weighted by molar-refractivity contribution is -0.402. The molecule has 2 aromatic heterocycles. The number of furan rings is 1. The molecule has 0 N–H and O–H groups in total. The second-order valence-electron chi connectivity index (χ2n) is 6.45. The van der Waals surface area contributed by atoms with Crippen LogP contribution >= 0.6 is 0 Å². The molecule has 0 saturated carbocycles. The molecule has 0 fully saturated rings. The summed E-state index contributed by atoms with van der Waals surface area (Å²) in [7, 11) is 0. The molecule has 0 unspecified atom stereocenters. The highest BCUT2D eigenvalue weighted by molar-refractivity contribution is 5.79. The van der Waals surface area contributed by atoms with E-state index in [1.807, 2.05) is 42.5 Å². The van der Waals surface area contributed by atoms with Crippen molar-refractivity contribution < 1.29 is 9.34 Å².